The van der Waals surface area contributed by atoms with Crippen molar-refractivity contribution in [1.29, 1.82) is 0 Å². The SMILES string of the molecule is C(#C[B-](c1ccccc1)(c1ccccc1)c1ccccc1)c1ccccc1.[Li+]. The zero-order valence-electron chi connectivity index (χ0n) is 16.1. The molecule has 0 N–H and O–H groups in total. The van der Waals surface area contributed by atoms with Gasteiger partial charge < -0.3 is 0 Å². The van der Waals surface area contributed by atoms with Crippen LogP contribution in [0.1, 0.15) is 5.56 Å². The summed E-state index contributed by atoms with van der Waals surface area (Å²) in [5.41, 5.74) is 4.74. The van der Waals surface area contributed by atoms with E-state index in [4.69, 9.17) is 0 Å². The molecule has 0 saturated carbocycles. The van der Waals surface area contributed by atoms with Gasteiger partial charge in [-0.15, -0.1) is 5.92 Å². The Morgan fingerprint density at radius 1 is 0.429 bits per heavy atom. The molecule has 0 nitrogen and oxygen atoms in total. The maximum atomic E-state index is 3.71. The fourth-order valence-corrected chi connectivity index (χ4v) is 3.77. The van der Waals surface area contributed by atoms with Gasteiger partial charge in [0.1, 0.15) is 6.15 Å². The van der Waals surface area contributed by atoms with Crippen molar-refractivity contribution in [2.45, 2.75) is 0 Å². The third-order valence-corrected chi connectivity index (χ3v) is 5.11. The van der Waals surface area contributed by atoms with Gasteiger partial charge in [0.2, 0.25) is 0 Å². The van der Waals surface area contributed by atoms with Gasteiger partial charge in [0.25, 0.3) is 0 Å². The van der Waals surface area contributed by atoms with Crippen molar-refractivity contribution in [2.75, 3.05) is 0 Å². The van der Waals surface area contributed by atoms with Crippen LogP contribution in [0.2, 0.25) is 0 Å². The summed E-state index contributed by atoms with van der Waals surface area (Å²) in [6, 6.07) is 42.2. The average molecular weight is 350 g/mol. The molecule has 4 rings (SSSR count). The molecule has 0 spiro atoms. The van der Waals surface area contributed by atoms with E-state index in [9.17, 15) is 0 Å². The second-order valence-corrected chi connectivity index (χ2v) is 6.73. The van der Waals surface area contributed by atoms with Crippen LogP contribution in [0.3, 0.4) is 0 Å². The summed E-state index contributed by atoms with van der Waals surface area (Å²) in [5.74, 6) is 7.17. The molecule has 128 valence electrons. The summed E-state index contributed by atoms with van der Waals surface area (Å²) in [7, 11) is 0. The van der Waals surface area contributed by atoms with E-state index in [0.717, 1.165) is 5.56 Å². The molecule has 4 aromatic rings. The normalized spacial score (nSPS) is 10.3. The topological polar surface area (TPSA) is 0 Å². The molecule has 0 aliphatic heterocycles. The quantitative estimate of drug-likeness (QED) is 0.378. The van der Waals surface area contributed by atoms with Gasteiger partial charge in [0, 0.05) is 5.56 Å². The Hall–Kier alpha value is -2.90. The van der Waals surface area contributed by atoms with E-state index in [1.807, 2.05) is 18.2 Å². The first-order valence-corrected chi connectivity index (χ1v) is 9.30. The average Bonchev–Trinajstić information content (AvgIpc) is 2.77. The third kappa shape index (κ3) is 4.00. The minimum Gasteiger partial charge on any atom is -0.292 e. The fraction of sp³-hybridized carbons (Fsp3) is 0. The van der Waals surface area contributed by atoms with Crippen LogP contribution in [0.5, 0.6) is 0 Å². The van der Waals surface area contributed by atoms with Crippen molar-refractivity contribution in [3.05, 3.63) is 127 Å². The molecule has 0 aliphatic rings. The largest absolute Gasteiger partial charge is 1.00 e. The first-order chi connectivity index (χ1) is 13.4. The van der Waals surface area contributed by atoms with E-state index in [2.05, 4.69) is 115 Å². The van der Waals surface area contributed by atoms with Crippen molar-refractivity contribution < 1.29 is 18.9 Å². The minimum atomic E-state index is -1.40. The van der Waals surface area contributed by atoms with Gasteiger partial charge >= 0.3 is 18.9 Å². The molecule has 0 aliphatic carbocycles. The number of rotatable bonds is 3. The zero-order chi connectivity index (χ0) is 18.4. The van der Waals surface area contributed by atoms with Gasteiger partial charge in [0.05, 0.1) is 0 Å². The molecule has 0 unspecified atom stereocenters. The number of hydrogen-bond donors (Lipinski definition) is 0. The Labute approximate surface area is 179 Å². The summed E-state index contributed by atoms with van der Waals surface area (Å²) >= 11 is 0. The predicted octanol–water partition coefficient (Wildman–Crippen LogP) is 0.752. The Bertz CT molecular complexity index is 954. The predicted molar refractivity (Wildman–Crippen MR) is 117 cm³/mol. The second-order valence-electron chi connectivity index (χ2n) is 6.73. The molecule has 0 atom stereocenters. The van der Waals surface area contributed by atoms with Crippen molar-refractivity contribution in [2.24, 2.45) is 0 Å². The summed E-state index contributed by atoms with van der Waals surface area (Å²) in [6.45, 7) is 0. The molecule has 0 fully saturated rings. The van der Waals surface area contributed by atoms with Crippen molar-refractivity contribution in [3.8, 4) is 11.7 Å². The van der Waals surface area contributed by atoms with Gasteiger partial charge in [0.15, 0.2) is 0 Å². The van der Waals surface area contributed by atoms with Gasteiger partial charge in [-0.3, -0.25) is 5.82 Å². The van der Waals surface area contributed by atoms with Gasteiger partial charge in [-0.25, -0.2) is 0 Å². The Kier molecular flexibility index (Phi) is 6.63. The molecule has 0 amide bonds. The standard InChI is InChI=1S/C26H20B.Li/c1-5-13-23(14-6-1)21-22-27(24-15-7-2-8-16-24,25-17-9-3-10-18-25)26-19-11-4-12-20-26;/h1-20H;/q-1;+1. The van der Waals surface area contributed by atoms with Gasteiger partial charge in [-0.1, -0.05) is 109 Å². The molecule has 0 aromatic heterocycles. The molecule has 0 radical (unpaired) electrons. The van der Waals surface area contributed by atoms with E-state index >= 15 is 0 Å². The summed E-state index contributed by atoms with van der Waals surface area (Å²) < 4.78 is 0. The van der Waals surface area contributed by atoms with Crippen LogP contribution in [0, 0.1) is 11.7 Å². The van der Waals surface area contributed by atoms with E-state index in [1.165, 1.54) is 16.4 Å². The number of benzene rings is 4. The van der Waals surface area contributed by atoms with E-state index in [0.29, 0.717) is 0 Å². The van der Waals surface area contributed by atoms with Crippen LogP contribution in [-0.4, -0.2) is 6.15 Å². The van der Waals surface area contributed by atoms with E-state index in [1.54, 1.807) is 0 Å². The molecular formula is C26H20BLi. The van der Waals surface area contributed by atoms with Crippen LogP contribution in [0.15, 0.2) is 121 Å². The summed E-state index contributed by atoms with van der Waals surface area (Å²) in [4.78, 5) is 0. The third-order valence-electron chi connectivity index (χ3n) is 5.11. The maximum absolute atomic E-state index is 3.71. The summed E-state index contributed by atoms with van der Waals surface area (Å²) in [6.07, 6.45) is -1.40. The van der Waals surface area contributed by atoms with E-state index < -0.39 is 6.15 Å². The molecule has 0 heterocycles. The van der Waals surface area contributed by atoms with Gasteiger partial charge in [-0.05, 0) is 12.1 Å². The van der Waals surface area contributed by atoms with E-state index in [-0.39, 0.29) is 18.9 Å². The molecule has 4 aromatic carbocycles. The Morgan fingerprint density at radius 3 is 1.11 bits per heavy atom. The Morgan fingerprint density at radius 2 is 0.750 bits per heavy atom. The van der Waals surface area contributed by atoms with Gasteiger partial charge in [-0.2, -0.15) is 16.4 Å². The summed E-state index contributed by atoms with van der Waals surface area (Å²) in [5, 5.41) is 0. The first kappa shape index (κ1) is 19.9. The van der Waals surface area contributed by atoms with Crippen molar-refractivity contribution in [1.82, 2.24) is 0 Å². The second kappa shape index (κ2) is 9.34. The van der Waals surface area contributed by atoms with Crippen molar-refractivity contribution in [3.63, 3.8) is 0 Å². The molecule has 0 bridgehead atoms. The first-order valence-electron chi connectivity index (χ1n) is 9.30. The monoisotopic (exact) mass is 350 g/mol. The van der Waals surface area contributed by atoms with Crippen LogP contribution in [0.4, 0.5) is 0 Å². The minimum absolute atomic E-state index is 0. The number of hydrogen-bond acceptors (Lipinski definition) is 0. The smallest absolute Gasteiger partial charge is 0.292 e. The van der Waals surface area contributed by atoms with Crippen LogP contribution in [-0.2, 0) is 0 Å². The van der Waals surface area contributed by atoms with Crippen LogP contribution >= 0.6 is 0 Å². The molecule has 2 heteroatoms. The molecular weight excluding hydrogens is 330 g/mol. The van der Waals surface area contributed by atoms with Crippen molar-refractivity contribution >= 4 is 22.5 Å². The fourth-order valence-electron chi connectivity index (χ4n) is 3.77. The Balaban J connectivity index is 0.00000225. The maximum Gasteiger partial charge on any atom is 1.00 e. The zero-order valence-corrected chi connectivity index (χ0v) is 16.1. The van der Waals surface area contributed by atoms with Crippen LogP contribution in [0.25, 0.3) is 0 Å². The van der Waals surface area contributed by atoms with Crippen LogP contribution < -0.4 is 35.2 Å². The molecule has 0 saturated heterocycles. The molecule has 28 heavy (non-hydrogen) atoms.